The van der Waals surface area contributed by atoms with Gasteiger partial charge in [0.05, 0.1) is 0 Å². The molecule has 0 amide bonds. The van der Waals surface area contributed by atoms with Crippen LogP contribution >= 0.6 is 0 Å². The molecule has 0 saturated heterocycles. The molecule has 5 atom stereocenters. The Morgan fingerprint density at radius 3 is 2.32 bits per heavy atom. The molecular formula is C26H34O8. The molecule has 2 aliphatic carbocycles. The van der Waals surface area contributed by atoms with Crippen LogP contribution < -0.4 is 0 Å². The Morgan fingerprint density at radius 1 is 1.06 bits per heavy atom. The normalized spacial score (nSPS) is 31.3. The van der Waals surface area contributed by atoms with Gasteiger partial charge >= 0.3 is 23.9 Å². The van der Waals surface area contributed by atoms with Crippen LogP contribution in [0.4, 0.5) is 0 Å². The SMILES string of the molecule is CC(=O)OCC1=CC2OC(=O)C(C)=C2CC2C(C)=CCC(OC(C)=O)C2(C)C(OC(C)=O)CC1. The number of hydrogen-bond donors (Lipinski definition) is 0. The van der Waals surface area contributed by atoms with Gasteiger partial charge in [-0.25, -0.2) is 4.79 Å². The second kappa shape index (κ2) is 10.2. The van der Waals surface area contributed by atoms with Crippen LogP contribution in [0.5, 0.6) is 0 Å². The van der Waals surface area contributed by atoms with E-state index >= 15 is 0 Å². The monoisotopic (exact) mass is 474 g/mol. The molecular weight excluding hydrogens is 440 g/mol. The summed E-state index contributed by atoms with van der Waals surface area (Å²) in [5.41, 5.74) is 2.49. The fraction of sp³-hybridized carbons (Fsp3) is 0.615. The molecule has 3 aliphatic rings. The van der Waals surface area contributed by atoms with Gasteiger partial charge in [-0.05, 0) is 56.3 Å². The first-order valence-electron chi connectivity index (χ1n) is 11.7. The number of carbonyl (C=O) groups excluding carboxylic acids is 4. The predicted octanol–water partition coefficient (Wildman–Crippen LogP) is 3.74. The van der Waals surface area contributed by atoms with E-state index in [0.29, 0.717) is 31.3 Å². The molecule has 8 nitrogen and oxygen atoms in total. The van der Waals surface area contributed by atoms with Crippen LogP contribution in [0.2, 0.25) is 0 Å². The standard InChI is InChI=1S/C26H34O8/c1-14-7-9-23(32-17(4)28)26(6)21(14)12-20-15(2)25(30)34-22(20)11-19(13-31-16(3)27)8-10-24(26)33-18(5)29/h7,11,21-24H,8-10,12-13H2,1-6H3. The zero-order valence-corrected chi connectivity index (χ0v) is 20.8. The van der Waals surface area contributed by atoms with Crippen molar-refractivity contribution in [2.45, 2.75) is 85.5 Å². The molecule has 0 saturated carbocycles. The average Bonchev–Trinajstić information content (AvgIpc) is 3.00. The fourth-order valence-electron chi connectivity index (χ4n) is 5.46. The van der Waals surface area contributed by atoms with E-state index in [9.17, 15) is 19.2 Å². The Bertz CT molecular complexity index is 971. The van der Waals surface area contributed by atoms with Gasteiger partial charge in [0.25, 0.3) is 0 Å². The van der Waals surface area contributed by atoms with E-state index in [4.69, 9.17) is 18.9 Å². The first kappa shape index (κ1) is 25.7. The summed E-state index contributed by atoms with van der Waals surface area (Å²) in [5.74, 6) is -1.77. The topological polar surface area (TPSA) is 105 Å². The second-order valence-electron chi connectivity index (χ2n) is 9.62. The van der Waals surface area contributed by atoms with Crippen molar-refractivity contribution in [2.24, 2.45) is 11.3 Å². The number of hydrogen-bond acceptors (Lipinski definition) is 8. The minimum absolute atomic E-state index is 0.0505. The number of carbonyl (C=O) groups is 4. The van der Waals surface area contributed by atoms with Gasteiger partial charge < -0.3 is 18.9 Å². The Hall–Kier alpha value is -2.90. The molecule has 0 spiro atoms. The first-order chi connectivity index (χ1) is 15.9. The maximum Gasteiger partial charge on any atom is 0.334 e. The molecule has 0 radical (unpaired) electrons. The van der Waals surface area contributed by atoms with Gasteiger partial charge in [0.2, 0.25) is 0 Å². The molecule has 0 aromatic carbocycles. The van der Waals surface area contributed by atoms with Gasteiger partial charge in [-0.1, -0.05) is 18.6 Å². The van der Waals surface area contributed by atoms with Crippen LogP contribution in [0, 0.1) is 11.3 Å². The Morgan fingerprint density at radius 2 is 1.71 bits per heavy atom. The lowest BCUT2D eigenvalue weighted by Crippen LogP contribution is -2.54. The van der Waals surface area contributed by atoms with Crippen molar-refractivity contribution >= 4 is 23.9 Å². The van der Waals surface area contributed by atoms with E-state index in [1.807, 2.05) is 19.9 Å². The summed E-state index contributed by atoms with van der Waals surface area (Å²) >= 11 is 0. The van der Waals surface area contributed by atoms with Crippen LogP contribution in [0.25, 0.3) is 0 Å². The van der Waals surface area contributed by atoms with Crippen LogP contribution in [-0.4, -0.2) is 48.8 Å². The van der Waals surface area contributed by atoms with E-state index in [2.05, 4.69) is 6.08 Å². The zero-order chi connectivity index (χ0) is 25.2. The molecule has 0 N–H and O–H groups in total. The minimum Gasteiger partial charge on any atom is -0.462 e. The predicted molar refractivity (Wildman–Crippen MR) is 122 cm³/mol. The lowest BCUT2D eigenvalue weighted by atomic mass is 9.59. The lowest BCUT2D eigenvalue weighted by molar-refractivity contribution is -0.178. The summed E-state index contributed by atoms with van der Waals surface area (Å²) < 4.78 is 22.6. The largest absolute Gasteiger partial charge is 0.462 e. The summed E-state index contributed by atoms with van der Waals surface area (Å²) in [6, 6.07) is 0. The van der Waals surface area contributed by atoms with Gasteiger partial charge in [0, 0.05) is 38.2 Å². The van der Waals surface area contributed by atoms with Crippen molar-refractivity contribution in [1.29, 1.82) is 0 Å². The third-order valence-electron chi connectivity index (χ3n) is 7.32. The number of rotatable bonds is 4. The van der Waals surface area contributed by atoms with Gasteiger partial charge in [-0.15, -0.1) is 0 Å². The van der Waals surface area contributed by atoms with Crippen molar-refractivity contribution in [2.75, 3.05) is 6.61 Å². The molecule has 1 heterocycles. The van der Waals surface area contributed by atoms with Crippen LogP contribution in [0.15, 0.2) is 34.4 Å². The summed E-state index contributed by atoms with van der Waals surface area (Å²) in [6.45, 7) is 9.88. The fourth-order valence-corrected chi connectivity index (χ4v) is 5.46. The summed E-state index contributed by atoms with van der Waals surface area (Å²) in [4.78, 5) is 48.1. The van der Waals surface area contributed by atoms with Crippen molar-refractivity contribution in [3.63, 3.8) is 0 Å². The van der Waals surface area contributed by atoms with Crippen LogP contribution in [-0.2, 0) is 38.1 Å². The molecule has 0 fully saturated rings. The van der Waals surface area contributed by atoms with Crippen molar-refractivity contribution in [3.05, 3.63) is 34.4 Å². The number of allylic oxidation sites excluding steroid dienone is 1. The smallest absolute Gasteiger partial charge is 0.334 e. The summed E-state index contributed by atoms with van der Waals surface area (Å²) in [6.07, 6.45) is 4.12. The second-order valence-corrected chi connectivity index (χ2v) is 9.62. The van der Waals surface area contributed by atoms with Crippen molar-refractivity contribution in [3.8, 4) is 0 Å². The Balaban J connectivity index is 2.15. The zero-order valence-electron chi connectivity index (χ0n) is 20.8. The van der Waals surface area contributed by atoms with Crippen LogP contribution in [0.3, 0.4) is 0 Å². The highest BCUT2D eigenvalue weighted by Gasteiger charge is 2.54. The molecule has 0 aromatic heterocycles. The first-order valence-corrected chi connectivity index (χ1v) is 11.7. The molecule has 8 heteroatoms. The van der Waals surface area contributed by atoms with Gasteiger partial charge in [0.1, 0.15) is 24.9 Å². The highest BCUT2D eigenvalue weighted by atomic mass is 16.6. The highest BCUT2D eigenvalue weighted by molar-refractivity contribution is 5.92. The molecule has 3 rings (SSSR count). The van der Waals surface area contributed by atoms with Gasteiger partial charge in [-0.3, -0.25) is 14.4 Å². The van der Waals surface area contributed by atoms with Crippen molar-refractivity contribution < 1.29 is 38.1 Å². The Kier molecular flexibility index (Phi) is 7.68. The molecule has 0 aromatic rings. The number of fused-ring (bicyclic) bond motifs is 2. The molecule has 1 aliphatic heterocycles. The molecule has 186 valence electrons. The van der Waals surface area contributed by atoms with Crippen molar-refractivity contribution in [1.82, 2.24) is 0 Å². The van der Waals surface area contributed by atoms with E-state index in [0.717, 1.165) is 16.7 Å². The average molecular weight is 475 g/mol. The lowest BCUT2D eigenvalue weighted by Gasteiger charge is -2.50. The molecule has 0 bridgehead atoms. The van der Waals surface area contributed by atoms with Crippen LogP contribution in [0.1, 0.15) is 67.2 Å². The number of ether oxygens (including phenoxy) is 4. The quantitative estimate of drug-likeness (QED) is 0.345. The third kappa shape index (κ3) is 5.26. The van der Waals surface area contributed by atoms with E-state index in [-0.39, 0.29) is 18.5 Å². The summed E-state index contributed by atoms with van der Waals surface area (Å²) in [7, 11) is 0. The van der Waals surface area contributed by atoms with E-state index in [1.54, 1.807) is 6.92 Å². The van der Waals surface area contributed by atoms with Gasteiger partial charge in [0.15, 0.2) is 0 Å². The van der Waals surface area contributed by atoms with E-state index < -0.39 is 41.6 Å². The maximum atomic E-state index is 12.5. The number of esters is 4. The Labute approximate surface area is 200 Å². The maximum absolute atomic E-state index is 12.5. The minimum atomic E-state index is -0.747. The van der Waals surface area contributed by atoms with Gasteiger partial charge in [-0.2, -0.15) is 0 Å². The molecule has 34 heavy (non-hydrogen) atoms. The molecule has 5 unspecified atom stereocenters. The highest BCUT2D eigenvalue weighted by Crippen LogP contribution is 2.52. The third-order valence-corrected chi connectivity index (χ3v) is 7.32. The summed E-state index contributed by atoms with van der Waals surface area (Å²) in [5, 5.41) is 0. The van der Waals surface area contributed by atoms with E-state index in [1.165, 1.54) is 20.8 Å².